The SMILES string of the molecule is C/C=C(\CN(C)C)C(=O)Cl. The van der Waals surface area contributed by atoms with Crippen LogP contribution in [-0.4, -0.2) is 30.8 Å². The van der Waals surface area contributed by atoms with Crippen LogP contribution in [0.15, 0.2) is 11.6 Å². The molecule has 0 rings (SSSR count). The summed E-state index contributed by atoms with van der Waals surface area (Å²) in [5.74, 6) is 0. The highest BCUT2D eigenvalue weighted by atomic mass is 35.5. The highest BCUT2D eigenvalue weighted by Gasteiger charge is 2.04. The molecular weight excluding hydrogens is 150 g/mol. The maximum Gasteiger partial charge on any atom is 0.249 e. The first-order valence-electron chi connectivity index (χ1n) is 3.07. The zero-order valence-electron chi connectivity index (χ0n) is 6.52. The van der Waals surface area contributed by atoms with E-state index in [1.54, 1.807) is 13.0 Å². The molecule has 0 aromatic carbocycles. The second kappa shape index (κ2) is 4.47. The minimum Gasteiger partial charge on any atom is -0.305 e. The van der Waals surface area contributed by atoms with Gasteiger partial charge in [0.25, 0.3) is 0 Å². The highest BCUT2D eigenvalue weighted by Crippen LogP contribution is 2.00. The maximum atomic E-state index is 10.6. The van der Waals surface area contributed by atoms with Crippen molar-refractivity contribution in [1.29, 1.82) is 0 Å². The highest BCUT2D eigenvalue weighted by molar-refractivity contribution is 6.67. The molecule has 0 aliphatic rings. The lowest BCUT2D eigenvalue weighted by atomic mass is 10.3. The van der Waals surface area contributed by atoms with Crippen molar-refractivity contribution in [1.82, 2.24) is 4.90 Å². The topological polar surface area (TPSA) is 20.3 Å². The minimum absolute atomic E-state index is 0.365. The van der Waals surface area contributed by atoms with E-state index in [1.807, 2.05) is 19.0 Å². The van der Waals surface area contributed by atoms with E-state index in [2.05, 4.69) is 0 Å². The van der Waals surface area contributed by atoms with E-state index in [0.717, 1.165) is 0 Å². The smallest absolute Gasteiger partial charge is 0.249 e. The van der Waals surface area contributed by atoms with Gasteiger partial charge in [0.2, 0.25) is 5.24 Å². The molecular formula is C7H12ClNO. The monoisotopic (exact) mass is 161 g/mol. The average molecular weight is 162 g/mol. The van der Waals surface area contributed by atoms with Gasteiger partial charge in [-0.05, 0) is 32.6 Å². The summed E-state index contributed by atoms with van der Waals surface area (Å²) in [7, 11) is 3.78. The van der Waals surface area contributed by atoms with Crippen molar-refractivity contribution in [3.63, 3.8) is 0 Å². The fourth-order valence-electron chi connectivity index (χ4n) is 0.608. The molecule has 0 bridgehead atoms. The maximum absolute atomic E-state index is 10.6. The molecule has 0 unspecified atom stereocenters. The second-order valence-electron chi connectivity index (χ2n) is 2.33. The number of hydrogen-bond donors (Lipinski definition) is 0. The number of carbonyl (C=O) groups is 1. The van der Waals surface area contributed by atoms with Crippen molar-refractivity contribution in [2.24, 2.45) is 0 Å². The molecule has 0 N–H and O–H groups in total. The number of hydrogen-bond acceptors (Lipinski definition) is 2. The summed E-state index contributed by atoms with van der Waals surface area (Å²) in [5, 5.41) is -0.365. The lowest BCUT2D eigenvalue weighted by Gasteiger charge is -2.08. The van der Waals surface area contributed by atoms with Crippen LogP contribution in [0.3, 0.4) is 0 Å². The van der Waals surface area contributed by atoms with Crippen molar-refractivity contribution in [2.45, 2.75) is 6.92 Å². The van der Waals surface area contributed by atoms with E-state index in [1.165, 1.54) is 0 Å². The van der Waals surface area contributed by atoms with Gasteiger partial charge in [0.1, 0.15) is 0 Å². The Labute approximate surface area is 66.5 Å². The zero-order chi connectivity index (χ0) is 8.15. The van der Waals surface area contributed by atoms with Gasteiger partial charge in [0.15, 0.2) is 0 Å². The summed E-state index contributed by atoms with van der Waals surface area (Å²) in [6.45, 7) is 2.41. The first-order valence-corrected chi connectivity index (χ1v) is 3.45. The number of carbonyl (C=O) groups excluding carboxylic acids is 1. The molecule has 2 nitrogen and oxygen atoms in total. The fraction of sp³-hybridized carbons (Fsp3) is 0.571. The Morgan fingerprint density at radius 1 is 1.60 bits per heavy atom. The summed E-state index contributed by atoms with van der Waals surface area (Å²) in [6.07, 6.45) is 1.73. The van der Waals surface area contributed by atoms with Gasteiger partial charge in [0, 0.05) is 12.1 Å². The molecule has 0 saturated heterocycles. The molecule has 0 aromatic heterocycles. The fourth-order valence-corrected chi connectivity index (χ4v) is 0.776. The van der Waals surface area contributed by atoms with Crippen LogP contribution in [0, 0.1) is 0 Å². The lowest BCUT2D eigenvalue weighted by Crippen LogP contribution is -2.17. The lowest BCUT2D eigenvalue weighted by molar-refractivity contribution is -0.108. The molecule has 10 heavy (non-hydrogen) atoms. The standard InChI is InChI=1S/C7H12ClNO/c1-4-6(7(8)10)5-9(2)3/h4H,5H2,1-3H3/b6-4+. The predicted molar refractivity (Wildman–Crippen MR) is 43.2 cm³/mol. The Kier molecular flexibility index (Phi) is 4.32. The van der Waals surface area contributed by atoms with Crippen LogP contribution >= 0.6 is 11.6 Å². The normalized spacial score (nSPS) is 12.3. The molecule has 0 heterocycles. The van der Waals surface area contributed by atoms with Gasteiger partial charge in [-0.2, -0.15) is 0 Å². The van der Waals surface area contributed by atoms with Gasteiger partial charge in [-0.1, -0.05) is 6.08 Å². The van der Waals surface area contributed by atoms with E-state index < -0.39 is 0 Å². The van der Waals surface area contributed by atoms with Crippen LogP contribution in [0.2, 0.25) is 0 Å². The number of allylic oxidation sites excluding steroid dienone is 1. The van der Waals surface area contributed by atoms with Crippen molar-refractivity contribution < 1.29 is 4.79 Å². The van der Waals surface area contributed by atoms with Crippen molar-refractivity contribution in [3.8, 4) is 0 Å². The van der Waals surface area contributed by atoms with Crippen molar-refractivity contribution in [2.75, 3.05) is 20.6 Å². The van der Waals surface area contributed by atoms with Gasteiger partial charge < -0.3 is 4.90 Å². The Morgan fingerprint density at radius 3 is 2.20 bits per heavy atom. The third kappa shape index (κ3) is 3.64. The number of likely N-dealkylation sites (N-methyl/N-ethyl adjacent to an activating group) is 1. The first kappa shape index (κ1) is 9.66. The summed E-state index contributed by atoms with van der Waals surface area (Å²) >= 11 is 5.25. The van der Waals surface area contributed by atoms with Gasteiger partial charge in [-0.15, -0.1) is 0 Å². The Morgan fingerprint density at radius 2 is 2.10 bits per heavy atom. The molecule has 0 spiro atoms. The largest absolute Gasteiger partial charge is 0.305 e. The van der Waals surface area contributed by atoms with E-state index >= 15 is 0 Å². The van der Waals surface area contributed by atoms with Crippen LogP contribution in [0.1, 0.15) is 6.92 Å². The first-order chi connectivity index (χ1) is 4.57. The van der Waals surface area contributed by atoms with Crippen LogP contribution in [0.4, 0.5) is 0 Å². The van der Waals surface area contributed by atoms with Crippen molar-refractivity contribution in [3.05, 3.63) is 11.6 Å². The predicted octanol–water partition coefficient (Wildman–Crippen LogP) is 1.26. The molecule has 0 saturated carbocycles. The quantitative estimate of drug-likeness (QED) is 0.459. The molecule has 0 aromatic rings. The van der Waals surface area contributed by atoms with E-state index in [-0.39, 0.29) is 5.24 Å². The third-order valence-corrected chi connectivity index (χ3v) is 1.33. The molecule has 0 radical (unpaired) electrons. The average Bonchev–Trinajstić information content (AvgIpc) is 1.81. The summed E-state index contributed by atoms with van der Waals surface area (Å²) in [4.78, 5) is 12.5. The number of rotatable bonds is 3. The van der Waals surface area contributed by atoms with E-state index in [4.69, 9.17) is 11.6 Å². The summed E-state index contributed by atoms with van der Waals surface area (Å²) < 4.78 is 0. The van der Waals surface area contributed by atoms with Crippen LogP contribution < -0.4 is 0 Å². The van der Waals surface area contributed by atoms with Crippen molar-refractivity contribution >= 4 is 16.8 Å². The second-order valence-corrected chi connectivity index (χ2v) is 2.67. The van der Waals surface area contributed by atoms with Crippen LogP contribution in [0.25, 0.3) is 0 Å². The third-order valence-electron chi connectivity index (χ3n) is 1.09. The molecule has 3 heteroatoms. The zero-order valence-corrected chi connectivity index (χ0v) is 7.27. The van der Waals surface area contributed by atoms with Crippen LogP contribution in [0.5, 0.6) is 0 Å². The molecule has 0 fully saturated rings. The molecule has 0 aliphatic heterocycles. The Hall–Kier alpha value is -0.340. The van der Waals surface area contributed by atoms with E-state index in [0.29, 0.717) is 12.1 Å². The Bertz CT molecular complexity index is 152. The molecule has 0 atom stereocenters. The van der Waals surface area contributed by atoms with Gasteiger partial charge in [-0.3, -0.25) is 4.79 Å². The van der Waals surface area contributed by atoms with E-state index in [9.17, 15) is 4.79 Å². The number of nitrogens with zero attached hydrogens (tertiary/aromatic N) is 1. The van der Waals surface area contributed by atoms with Gasteiger partial charge >= 0.3 is 0 Å². The van der Waals surface area contributed by atoms with Gasteiger partial charge in [0.05, 0.1) is 0 Å². The summed E-state index contributed by atoms with van der Waals surface area (Å²) in [5.41, 5.74) is 0.645. The number of halogens is 1. The molecule has 0 amide bonds. The van der Waals surface area contributed by atoms with Gasteiger partial charge in [-0.25, -0.2) is 0 Å². The Balaban J connectivity index is 3.99. The summed E-state index contributed by atoms with van der Waals surface area (Å²) in [6, 6.07) is 0. The molecule has 58 valence electrons. The molecule has 0 aliphatic carbocycles. The minimum atomic E-state index is -0.365. The van der Waals surface area contributed by atoms with Crippen LogP contribution in [-0.2, 0) is 4.79 Å².